The van der Waals surface area contributed by atoms with Gasteiger partial charge in [0.15, 0.2) is 23.0 Å². The number of carbonyl (C=O) groups is 2. The zero-order chi connectivity index (χ0) is 21.1. The second-order valence-corrected chi connectivity index (χ2v) is 5.21. The summed E-state index contributed by atoms with van der Waals surface area (Å²) < 4.78 is 9.67. The molecule has 0 saturated heterocycles. The molecule has 2 aromatic rings. The standard InChI is InChI=1S/2C10H10O4/c2*1-14-9-4-2-7(6-8(9)11)3-5-10(12)13/h2*2-6,11H,1H3,(H,12,13). The Morgan fingerprint density at radius 2 is 1.11 bits per heavy atom. The van der Waals surface area contributed by atoms with Crippen LogP contribution < -0.4 is 9.47 Å². The van der Waals surface area contributed by atoms with Gasteiger partial charge in [0.25, 0.3) is 0 Å². The zero-order valence-corrected chi connectivity index (χ0v) is 15.2. The summed E-state index contributed by atoms with van der Waals surface area (Å²) in [4.78, 5) is 20.4. The third-order valence-electron chi connectivity index (χ3n) is 3.24. The first-order valence-corrected chi connectivity index (χ1v) is 7.82. The highest BCUT2D eigenvalue weighted by Gasteiger charge is 2.01. The van der Waals surface area contributed by atoms with Gasteiger partial charge >= 0.3 is 11.9 Å². The van der Waals surface area contributed by atoms with Crippen LogP contribution in [0.4, 0.5) is 0 Å². The second kappa shape index (κ2) is 10.9. The van der Waals surface area contributed by atoms with Gasteiger partial charge in [0.05, 0.1) is 14.2 Å². The van der Waals surface area contributed by atoms with Crippen molar-refractivity contribution in [3.05, 3.63) is 59.7 Å². The van der Waals surface area contributed by atoms with Crippen molar-refractivity contribution in [2.45, 2.75) is 0 Å². The molecule has 4 N–H and O–H groups in total. The van der Waals surface area contributed by atoms with Crippen molar-refractivity contribution in [1.29, 1.82) is 0 Å². The number of rotatable bonds is 6. The minimum absolute atomic E-state index is 0.0139. The molecule has 148 valence electrons. The Morgan fingerprint density at radius 1 is 0.750 bits per heavy atom. The van der Waals surface area contributed by atoms with E-state index in [0.717, 1.165) is 12.2 Å². The van der Waals surface area contributed by atoms with Crippen LogP contribution in [-0.4, -0.2) is 46.6 Å². The van der Waals surface area contributed by atoms with Gasteiger partial charge in [-0.3, -0.25) is 0 Å². The van der Waals surface area contributed by atoms with E-state index in [1.54, 1.807) is 24.3 Å². The van der Waals surface area contributed by atoms with E-state index < -0.39 is 11.9 Å². The molecule has 0 aliphatic carbocycles. The van der Waals surface area contributed by atoms with Crippen molar-refractivity contribution in [3.63, 3.8) is 0 Å². The first kappa shape index (κ1) is 22.1. The third kappa shape index (κ3) is 7.52. The van der Waals surface area contributed by atoms with Crippen LogP contribution >= 0.6 is 0 Å². The second-order valence-electron chi connectivity index (χ2n) is 5.21. The van der Waals surface area contributed by atoms with Crippen molar-refractivity contribution in [3.8, 4) is 23.0 Å². The number of benzene rings is 2. The fourth-order valence-electron chi connectivity index (χ4n) is 1.96. The number of phenols is 2. The molecule has 0 saturated carbocycles. The van der Waals surface area contributed by atoms with E-state index in [1.807, 2.05) is 0 Å². The summed E-state index contributed by atoms with van der Waals surface area (Å²) in [6.45, 7) is 0. The van der Waals surface area contributed by atoms with E-state index in [-0.39, 0.29) is 11.5 Å². The predicted molar refractivity (Wildman–Crippen MR) is 103 cm³/mol. The van der Waals surface area contributed by atoms with Crippen LogP contribution in [0, 0.1) is 0 Å². The lowest BCUT2D eigenvalue weighted by molar-refractivity contribution is -0.132. The normalized spacial score (nSPS) is 10.4. The molecule has 0 bridgehead atoms. The van der Waals surface area contributed by atoms with Crippen LogP contribution in [0.25, 0.3) is 12.2 Å². The molecule has 0 spiro atoms. The summed E-state index contributed by atoms with van der Waals surface area (Å²) >= 11 is 0. The first-order valence-electron chi connectivity index (χ1n) is 7.82. The number of carboxylic acid groups (broad SMARTS) is 2. The predicted octanol–water partition coefficient (Wildman–Crippen LogP) is 3.00. The van der Waals surface area contributed by atoms with E-state index in [9.17, 15) is 19.8 Å². The summed E-state index contributed by atoms with van der Waals surface area (Å²) in [6.07, 6.45) is 4.78. The Bertz CT molecular complexity index is 810. The van der Waals surface area contributed by atoms with Gasteiger partial charge in [-0.2, -0.15) is 0 Å². The monoisotopic (exact) mass is 388 g/mol. The number of carboxylic acids is 2. The van der Waals surface area contributed by atoms with Gasteiger partial charge in [-0.15, -0.1) is 0 Å². The number of methoxy groups -OCH3 is 2. The maximum Gasteiger partial charge on any atom is 0.328 e. The van der Waals surface area contributed by atoms with Crippen LogP contribution in [0.5, 0.6) is 23.0 Å². The summed E-state index contributed by atoms with van der Waals surface area (Å²) in [5.74, 6) is -1.37. The fraction of sp³-hybridized carbons (Fsp3) is 0.100. The summed E-state index contributed by atoms with van der Waals surface area (Å²) in [5, 5.41) is 35.4. The Kier molecular flexibility index (Phi) is 8.62. The molecule has 0 fully saturated rings. The molecule has 28 heavy (non-hydrogen) atoms. The van der Waals surface area contributed by atoms with Crippen LogP contribution in [0.15, 0.2) is 48.6 Å². The average Bonchev–Trinajstić information content (AvgIpc) is 2.65. The lowest BCUT2D eigenvalue weighted by atomic mass is 10.2. The molecule has 2 rings (SSSR count). The lowest BCUT2D eigenvalue weighted by Gasteiger charge is -2.02. The third-order valence-corrected chi connectivity index (χ3v) is 3.24. The number of aliphatic carboxylic acids is 2. The number of hydrogen-bond acceptors (Lipinski definition) is 6. The van der Waals surface area contributed by atoms with E-state index in [2.05, 4.69) is 0 Å². The Hall–Kier alpha value is -3.94. The van der Waals surface area contributed by atoms with Crippen LogP contribution in [0.1, 0.15) is 11.1 Å². The molecule has 8 nitrogen and oxygen atoms in total. The first-order chi connectivity index (χ1) is 13.3. The molecule has 8 heteroatoms. The highest BCUT2D eigenvalue weighted by atomic mass is 16.5. The van der Waals surface area contributed by atoms with Crippen LogP contribution in [0.3, 0.4) is 0 Å². The lowest BCUT2D eigenvalue weighted by Crippen LogP contribution is -1.86. The van der Waals surface area contributed by atoms with Gasteiger partial charge in [0.1, 0.15) is 0 Å². The van der Waals surface area contributed by atoms with Crippen LogP contribution in [-0.2, 0) is 9.59 Å². The molecule has 0 radical (unpaired) electrons. The maximum atomic E-state index is 10.2. The highest BCUT2D eigenvalue weighted by Crippen LogP contribution is 2.27. The molecule has 0 atom stereocenters. The number of ether oxygens (including phenoxy) is 2. The SMILES string of the molecule is COc1ccc(C=CC(=O)O)cc1O.COc1ccc(C=CC(=O)O)cc1O. The molecule has 0 aromatic heterocycles. The highest BCUT2D eigenvalue weighted by molar-refractivity contribution is 5.85. The molecular weight excluding hydrogens is 368 g/mol. The fourth-order valence-corrected chi connectivity index (χ4v) is 1.96. The summed E-state index contributed by atoms with van der Waals surface area (Å²) in [6, 6.07) is 9.29. The van der Waals surface area contributed by atoms with E-state index in [4.69, 9.17) is 19.7 Å². The van der Waals surface area contributed by atoms with Crippen molar-refractivity contribution in [2.75, 3.05) is 14.2 Å². The van der Waals surface area contributed by atoms with Crippen molar-refractivity contribution in [1.82, 2.24) is 0 Å². The number of phenolic OH excluding ortho intramolecular Hbond substituents is 2. The van der Waals surface area contributed by atoms with Gasteiger partial charge < -0.3 is 29.9 Å². The van der Waals surface area contributed by atoms with E-state index >= 15 is 0 Å². The molecule has 0 unspecified atom stereocenters. The van der Waals surface area contributed by atoms with Crippen LogP contribution in [0.2, 0.25) is 0 Å². The van der Waals surface area contributed by atoms with Gasteiger partial charge in [-0.1, -0.05) is 12.1 Å². The Labute approximate surface area is 161 Å². The van der Waals surface area contributed by atoms with Crippen molar-refractivity contribution < 1.29 is 39.5 Å². The maximum absolute atomic E-state index is 10.2. The summed E-state index contributed by atoms with van der Waals surface area (Å²) in [7, 11) is 2.89. The van der Waals surface area contributed by atoms with Gasteiger partial charge in [0, 0.05) is 12.2 Å². The van der Waals surface area contributed by atoms with E-state index in [1.165, 1.54) is 38.5 Å². The molecular formula is C20H20O8. The average molecular weight is 388 g/mol. The minimum atomic E-state index is -1.03. The largest absolute Gasteiger partial charge is 0.504 e. The number of aromatic hydroxyl groups is 2. The van der Waals surface area contributed by atoms with Gasteiger partial charge in [-0.25, -0.2) is 9.59 Å². The molecule has 2 aromatic carbocycles. The Balaban J connectivity index is 0.000000280. The Morgan fingerprint density at radius 3 is 1.36 bits per heavy atom. The quantitative estimate of drug-likeness (QED) is 0.555. The molecule has 0 aliphatic heterocycles. The van der Waals surface area contributed by atoms with Crippen molar-refractivity contribution >= 4 is 24.1 Å². The smallest absolute Gasteiger partial charge is 0.328 e. The molecule has 0 heterocycles. The summed E-state index contributed by atoms with van der Waals surface area (Å²) in [5.41, 5.74) is 1.21. The van der Waals surface area contributed by atoms with Gasteiger partial charge in [0.2, 0.25) is 0 Å². The molecule has 0 aliphatic rings. The number of hydrogen-bond donors (Lipinski definition) is 4. The van der Waals surface area contributed by atoms with E-state index in [0.29, 0.717) is 22.6 Å². The van der Waals surface area contributed by atoms with Gasteiger partial charge in [-0.05, 0) is 47.5 Å². The van der Waals surface area contributed by atoms with Crippen molar-refractivity contribution in [2.24, 2.45) is 0 Å². The minimum Gasteiger partial charge on any atom is -0.504 e. The zero-order valence-electron chi connectivity index (χ0n) is 15.2. The molecule has 0 amide bonds. The topological polar surface area (TPSA) is 134 Å².